The molecule has 3 N–H and O–H groups in total. The number of aromatic nitrogens is 2. The van der Waals surface area contributed by atoms with Gasteiger partial charge >= 0.3 is 6.09 Å². The Morgan fingerprint density at radius 3 is 2.44 bits per heavy atom. The molecule has 1 aromatic heterocycles. The van der Waals surface area contributed by atoms with Crippen LogP contribution >= 0.6 is 0 Å². The molecule has 3 aromatic rings. The van der Waals surface area contributed by atoms with Crippen molar-refractivity contribution in [3.8, 4) is 5.69 Å². The van der Waals surface area contributed by atoms with Gasteiger partial charge in [0.2, 0.25) is 5.91 Å². The number of amides is 2. The molecule has 0 radical (unpaired) electrons. The van der Waals surface area contributed by atoms with E-state index in [1.165, 1.54) is 0 Å². The summed E-state index contributed by atoms with van der Waals surface area (Å²) in [6.07, 6.45) is -0.505. The third kappa shape index (κ3) is 6.10. The minimum atomic E-state index is -0.505. The third-order valence-electron chi connectivity index (χ3n) is 4.67. The second-order valence-electron chi connectivity index (χ2n) is 7.89. The van der Waals surface area contributed by atoms with Crippen LogP contribution in [0.2, 0.25) is 0 Å². The lowest BCUT2D eigenvalue weighted by molar-refractivity contribution is -0.114. The van der Waals surface area contributed by atoms with E-state index in [-0.39, 0.29) is 18.4 Å². The van der Waals surface area contributed by atoms with Crippen LogP contribution in [0.15, 0.2) is 54.6 Å². The average molecular weight is 436 g/mol. The summed E-state index contributed by atoms with van der Waals surface area (Å²) in [4.78, 5) is 24.4. The second-order valence-corrected chi connectivity index (χ2v) is 7.89. The Labute approximate surface area is 188 Å². The van der Waals surface area contributed by atoms with E-state index in [0.29, 0.717) is 23.7 Å². The summed E-state index contributed by atoms with van der Waals surface area (Å²) in [5, 5.41) is 13.2. The first kappa shape index (κ1) is 22.9. The molecule has 0 fully saturated rings. The van der Waals surface area contributed by atoms with Crippen molar-refractivity contribution in [3.05, 3.63) is 66.0 Å². The smallest absolute Gasteiger partial charge is 0.411 e. The number of carbonyl (C=O) groups excluding carboxylic acids is 2. The highest BCUT2D eigenvalue weighted by Gasteiger charge is 2.15. The van der Waals surface area contributed by atoms with Gasteiger partial charge in [0.15, 0.2) is 0 Å². The SMILES string of the molecule is Cc1nn(-c2ccccc2)c(C)c1NC(=O)CNc1cccc(NC(=O)OCC(C)C)c1. The van der Waals surface area contributed by atoms with Gasteiger partial charge in [-0.2, -0.15) is 5.10 Å². The molecular formula is C24H29N5O3. The summed E-state index contributed by atoms with van der Waals surface area (Å²) in [7, 11) is 0. The number of nitrogens with one attached hydrogen (secondary N) is 3. The number of aryl methyl sites for hydroxylation is 1. The molecule has 0 aliphatic heterocycles. The van der Waals surface area contributed by atoms with Crippen molar-refractivity contribution in [2.24, 2.45) is 5.92 Å². The Balaban J connectivity index is 1.58. The molecule has 0 aliphatic carbocycles. The lowest BCUT2D eigenvalue weighted by Gasteiger charge is -2.11. The van der Waals surface area contributed by atoms with Gasteiger partial charge in [-0.25, -0.2) is 9.48 Å². The Bertz CT molecular complexity index is 1080. The summed E-state index contributed by atoms with van der Waals surface area (Å²) < 4.78 is 6.94. The predicted molar refractivity (Wildman–Crippen MR) is 126 cm³/mol. The first-order valence-corrected chi connectivity index (χ1v) is 10.5. The van der Waals surface area contributed by atoms with Crippen molar-refractivity contribution >= 4 is 29.1 Å². The van der Waals surface area contributed by atoms with Gasteiger partial charge in [0.25, 0.3) is 0 Å². The molecule has 168 valence electrons. The first-order valence-electron chi connectivity index (χ1n) is 10.5. The van der Waals surface area contributed by atoms with Crippen LogP contribution in [0.4, 0.5) is 21.9 Å². The summed E-state index contributed by atoms with van der Waals surface area (Å²) in [6, 6.07) is 16.9. The van der Waals surface area contributed by atoms with E-state index in [4.69, 9.17) is 4.74 Å². The van der Waals surface area contributed by atoms with Gasteiger partial charge in [0.05, 0.1) is 35.9 Å². The van der Waals surface area contributed by atoms with Gasteiger partial charge in [0, 0.05) is 11.4 Å². The van der Waals surface area contributed by atoms with Crippen molar-refractivity contribution in [2.45, 2.75) is 27.7 Å². The molecule has 0 saturated heterocycles. The van der Waals surface area contributed by atoms with Crippen LogP contribution in [0.5, 0.6) is 0 Å². The van der Waals surface area contributed by atoms with Crippen molar-refractivity contribution < 1.29 is 14.3 Å². The van der Waals surface area contributed by atoms with E-state index >= 15 is 0 Å². The first-order chi connectivity index (χ1) is 15.3. The van der Waals surface area contributed by atoms with E-state index in [0.717, 1.165) is 17.1 Å². The summed E-state index contributed by atoms with van der Waals surface area (Å²) >= 11 is 0. The fourth-order valence-electron chi connectivity index (χ4n) is 3.11. The molecule has 32 heavy (non-hydrogen) atoms. The number of carbonyl (C=O) groups is 2. The molecule has 0 bridgehead atoms. The maximum absolute atomic E-state index is 12.5. The van der Waals surface area contributed by atoms with Gasteiger partial charge in [-0.1, -0.05) is 38.1 Å². The Morgan fingerprint density at radius 1 is 1.00 bits per heavy atom. The van der Waals surface area contributed by atoms with Crippen LogP contribution in [-0.4, -0.2) is 34.9 Å². The number of anilines is 3. The molecule has 0 unspecified atom stereocenters. The lowest BCUT2D eigenvalue weighted by atomic mass is 10.2. The standard InChI is InChI=1S/C24H29N5O3/c1-16(2)15-32-24(31)26-20-10-8-9-19(13-20)25-14-22(30)27-23-17(3)28-29(18(23)4)21-11-6-5-7-12-21/h5-13,16,25H,14-15H2,1-4H3,(H,26,31)(H,27,30). The van der Waals surface area contributed by atoms with Crippen LogP contribution < -0.4 is 16.0 Å². The molecule has 1 heterocycles. The highest BCUT2D eigenvalue weighted by molar-refractivity contribution is 5.95. The van der Waals surface area contributed by atoms with E-state index in [1.807, 2.05) is 68.8 Å². The van der Waals surface area contributed by atoms with E-state index in [2.05, 4.69) is 21.0 Å². The molecule has 0 saturated carbocycles. The number of benzene rings is 2. The number of nitrogens with zero attached hydrogens (tertiary/aromatic N) is 2. The Kier molecular flexibility index (Phi) is 7.49. The molecule has 0 spiro atoms. The Morgan fingerprint density at radius 2 is 1.72 bits per heavy atom. The van der Waals surface area contributed by atoms with Gasteiger partial charge < -0.3 is 15.4 Å². The van der Waals surface area contributed by atoms with Crippen LogP contribution in [0.25, 0.3) is 5.69 Å². The second kappa shape index (κ2) is 10.5. The fourth-order valence-corrected chi connectivity index (χ4v) is 3.11. The lowest BCUT2D eigenvalue weighted by Crippen LogP contribution is -2.22. The van der Waals surface area contributed by atoms with Crippen LogP contribution in [0.1, 0.15) is 25.2 Å². The molecule has 8 nitrogen and oxygen atoms in total. The maximum atomic E-state index is 12.5. The van der Waals surface area contributed by atoms with Crippen LogP contribution in [0, 0.1) is 19.8 Å². The van der Waals surface area contributed by atoms with Gasteiger partial charge in [-0.15, -0.1) is 0 Å². The fraction of sp³-hybridized carbons (Fsp3) is 0.292. The van der Waals surface area contributed by atoms with Crippen molar-refractivity contribution in [3.63, 3.8) is 0 Å². The monoisotopic (exact) mass is 435 g/mol. The number of hydrogen-bond donors (Lipinski definition) is 3. The minimum absolute atomic E-state index is 0.0661. The summed E-state index contributed by atoms with van der Waals surface area (Å²) in [5.74, 6) is 0.0675. The zero-order chi connectivity index (χ0) is 23.1. The van der Waals surface area contributed by atoms with Crippen molar-refractivity contribution in [1.82, 2.24) is 9.78 Å². The average Bonchev–Trinajstić information content (AvgIpc) is 3.05. The van der Waals surface area contributed by atoms with E-state index in [1.54, 1.807) is 18.2 Å². The predicted octanol–water partition coefficient (Wildman–Crippen LogP) is 4.74. The molecule has 8 heteroatoms. The Hall–Kier alpha value is -3.81. The van der Waals surface area contributed by atoms with Crippen LogP contribution in [0.3, 0.4) is 0 Å². The zero-order valence-corrected chi connectivity index (χ0v) is 18.8. The molecular weight excluding hydrogens is 406 g/mol. The van der Waals surface area contributed by atoms with Crippen LogP contribution in [-0.2, 0) is 9.53 Å². The molecule has 3 rings (SSSR count). The van der Waals surface area contributed by atoms with Gasteiger partial charge in [-0.3, -0.25) is 10.1 Å². The minimum Gasteiger partial charge on any atom is -0.449 e. The third-order valence-corrected chi connectivity index (χ3v) is 4.67. The number of hydrogen-bond acceptors (Lipinski definition) is 5. The quantitative estimate of drug-likeness (QED) is 0.475. The van der Waals surface area contributed by atoms with Crippen molar-refractivity contribution in [2.75, 3.05) is 29.1 Å². The van der Waals surface area contributed by atoms with Gasteiger partial charge in [0.1, 0.15) is 0 Å². The van der Waals surface area contributed by atoms with E-state index < -0.39 is 6.09 Å². The van der Waals surface area contributed by atoms with Crippen molar-refractivity contribution in [1.29, 1.82) is 0 Å². The normalized spacial score (nSPS) is 10.7. The zero-order valence-electron chi connectivity index (χ0n) is 18.8. The molecule has 2 aromatic carbocycles. The number of ether oxygens (including phenoxy) is 1. The number of rotatable bonds is 8. The highest BCUT2D eigenvalue weighted by atomic mass is 16.5. The number of para-hydroxylation sites is 1. The highest BCUT2D eigenvalue weighted by Crippen LogP contribution is 2.23. The molecule has 0 aliphatic rings. The van der Waals surface area contributed by atoms with E-state index in [9.17, 15) is 9.59 Å². The maximum Gasteiger partial charge on any atom is 0.411 e. The van der Waals surface area contributed by atoms with Gasteiger partial charge in [-0.05, 0) is 50.1 Å². The topological polar surface area (TPSA) is 97.3 Å². The molecule has 2 amide bonds. The largest absolute Gasteiger partial charge is 0.449 e. The molecule has 0 atom stereocenters. The summed E-state index contributed by atoms with van der Waals surface area (Å²) in [5.41, 5.74) is 4.51. The summed E-state index contributed by atoms with van der Waals surface area (Å²) in [6.45, 7) is 8.14.